The summed E-state index contributed by atoms with van der Waals surface area (Å²) in [4.78, 5) is 18.4. The number of piperazine rings is 1. The summed E-state index contributed by atoms with van der Waals surface area (Å²) in [5.41, 5.74) is 3.53. The Balaban J connectivity index is 1.43. The molecule has 4 rings (SSSR count). The summed E-state index contributed by atoms with van der Waals surface area (Å²) < 4.78 is 11.3. The van der Waals surface area contributed by atoms with Gasteiger partial charge >= 0.3 is 0 Å². The topological polar surface area (TPSA) is 45.9 Å². The van der Waals surface area contributed by atoms with E-state index in [0.29, 0.717) is 18.8 Å². The van der Waals surface area contributed by atoms with Crippen LogP contribution in [0, 0.1) is 13.8 Å². The lowest BCUT2D eigenvalue weighted by Crippen LogP contribution is -2.53. The number of anilines is 1. The fourth-order valence-corrected chi connectivity index (χ4v) is 4.95. The molecule has 0 bridgehead atoms. The molecule has 0 saturated carbocycles. The highest BCUT2D eigenvalue weighted by Gasteiger charge is 2.29. The van der Waals surface area contributed by atoms with Crippen LogP contribution in [-0.2, 0) is 0 Å². The van der Waals surface area contributed by atoms with Crippen LogP contribution >= 0.6 is 11.8 Å². The molecule has 1 atom stereocenters. The number of nitrogens with zero attached hydrogens (tertiary/aromatic N) is 2. The van der Waals surface area contributed by atoms with Crippen molar-refractivity contribution >= 4 is 23.4 Å². The molecule has 1 unspecified atom stereocenters. The Morgan fingerprint density at radius 3 is 2.52 bits per heavy atom. The Kier molecular flexibility index (Phi) is 6.28. The van der Waals surface area contributed by atoms with Crippen LogP contribution in [-0.4, -0.2) is 43.6 Å². The van der Waals surface area contributed by atoms with Crippen molar-refractivity contribution in [2.45, 2.75) is 36.8 Å². The minimum absolute atomic E-state index is 0.0505. The molecule has 3 aromatic rings. The van der Waals surface area contributed by atoms with Gasteiger partial charge in [0.2, 0.25) is 0 Å². The van der Waals surface area contributed by atoms with E-state index in [9.17, 15) is 4.79 Å². The molecular formula is C25H28N2O3S. The van der Waals surface area contributed by atoms with Crippen molar-refractivity contribution in [2.24, 2.45) is 0 Å². The van der Waals surface area contributed by atoms with E-state index in [4.69, 9.17) is 9.15 Å². The zero-order valence-electron chi connectivity index (χ0n) is 18.4. The van der Waals surface area contributed by atoms with Crippen LogP contribution in [0.4, 0.5) is 5.69 Å². The van der Waals surface area contributed by atoms with Gasteiger partial charge in [-0.1, -0.05) is 36.0 Å². The van der Waals surface area contributed by atoms with E-state index in [1.54, 1.807) is 24.9 Å². The van der Waals surface area contributed by atoms with E-state index in [1.807, 2.05) is 29.2 Å². The van der Waals surface area contributed by atoms with Crippen molar-refractivity contribution in [1.29, 1.82) is 0 Å². The second kappa shape index (κ2) is 9.10. The van der Waals surface area contributed by atoms with Gasteiger partial charge in [-0.3, -0.25) is 4.79 Å². The van der Waals surface area contributed by atoms with Gasteiger partial charge in [-0.05, 0) is 56.2 Å². The van der Waals surface area contributed by atoms with Gasteiger partial charge < -0.3 is 19.0 Å². The van der Waals surface area contributed by atoms with E-state index < -0.39 is 0 Å². The highest BCUT2D eigenvalue weighted by Crippen LogP contribution is 2.34. The summed E-state index contributed by atoms with van der Waals surface area (Å²) in [5, 5.41) is 0.740. The van der Waals surface area contributed by atoms with Gasteiger partial charge in [-0.15, -0.1) is 0 Å². The molecule has 31 heavy (non-hydrogen) atoms. The molecule has 0 aliphatic carbocycles. The van der Waals surface area contributed by atoms with Crippen LogP contribution < -0.4 is 9.64 Å². The minimum Gasteiger partial charge on any atom is -0.497 e. The van der Waals surface area contributed by atoms with Gasteiger partial charge in [0.1, 0.15) is 5.75 Å². The second-order valence-electron chi connectivity index (χ2n) is 7.94. The lowest BCUT2D eigenvalue weighted by atomic mass is 10.1. The number of hydrogen-bond donors (Lipinski definition) is 0. The van der Waals surface area contributed by atoms with Gasteiger partial charge in [0.05, 0.1) is 7.11 Å². The van der Waals surface area contributed by atoms with Gasteiger partial charge in [-0.25, -0.2) is 0 Å². The number of aryl methyl sites for hydroxylation is 2. The maximum atomic E-state index is 13.1. The first-order valence-corrected chi connectivity index (χ1v) is 11.3. The summed E-state index contributed by atoms with van der Waals surface area (Å²) in [5.74, 6) is 1.19. The number of hydrogen-bond acceptors (Lipinski definition) is 5. The first kappa shape index (κ1) is 21.4. The zero-order chi connectivity index (χ0) is 22.0. The van der Waals surface area contributed by atoms with E-state index in [1.165, 1.54) is 16.0 Å². The van der Waals surface area contributed by atoms with Crippen molar-refractivity contribution in [3.63, 3.8) is 0 Å². The second-order valence-corrected chi connectivity index (χ2v) is 8.95. The number of carbonyl (C=O) groups is 1. The van der Waals surface area contributed by atoms with Gasteiger partial charge in [-0.2, -0.15) is 0 Å². The van der Waals surface area contributed by atoms with E-state index in [-0.39, 0.29) is 11.9 Å². The molecule has 6 heteroatoms. The smallest absolute Gasteiger partial charge is 0.289 e. The summed E-state index contributed by atoms with van der Waals surface area (Å²) in [6.45, 7) is 8.39. The van der Waals surface area contributed by atoms with Crippen molar-refractivity contribution in [1.82, 2.24) is 4.90 Å². The van der Waals surface area contributed by atoms with Gasteiger partial charge in [0.15, 0.2) is 10.9 Å². The molecule has 1 aromatic heterocycles. The van der Waals surface area contributed by atoms with Crippen molar-refractivity contribution in [3.05, 3.63) is 71.5 Å². The van der Waals surface area contributed by atoms with Crippen LogP contribution in [0.15, 0.2) is 69.0 Å². The molecule has 1 amide bonds. The highest BCUT2D eigenvalue weighted by atomic mass is 32.2. The molecule has 1 saturated heterocycles. The number of benzene rings is 2. The summed E-state index contributed by atoms with van der Waals surface area (Å²) in [6.07, 6.45) is 0. The SMILES string of the molecule is COc1cccc(N2CCN(C(=O)c3ccc(Sc4c(C)cccc4C)o3)CC2C)c1. The standard InChI is InChI=1S/C25H28N2O3S/c1-17-7-5-8-18(2)24(17)31-23-12-11-22(30-23)25(28)26-13-14-27(19(3)16-26)20-9-6-10-21(15-20)29-4/h5-12,15,19H,13-14,16H2,1-4H3. The molecule has 1 aliphatic rings. The van der Waals surface area contributed by atoms with Gasteiger partial charge in [0, 0.05) is 42.3 Å². The lowest BCUT2D eigenvalue weighted by molar-refractivity contribution is 0.0688. The molecule has 5 nitrogen and oxygen atoms in total. The number of furan rings is 1. The van der Waals surface area contributed by atoms with Crippen LogP contribution in [0.25, 0.3) is 0 Å². The summed E-state index contributed by atoms with van der Waals surface area (Å²) in [7, 11) is 1.68. The number of ether oxygens (including phenoxy) is 1. The first-order chi connectivity index (χ1) is 15.0. The normalized spacial score (nSPS) is 16.5. The van der Waals surface area contributed by atoms with Crippen LogP contribution in [0.1, 0.15) is 28.6 Å². The maximum Gasteiger partial charge on any atom is 0.289 e. The molecule has 162 valence electrons. The Hall–Kier alpha value is -2.86. The third-order valence-corrected chi connectivity index (χ3v) is 6.97. The third kappa shape index (κ3) is 4.59. The van der Waals surface area contributed by atoms with Crippen LogP contribution in [0.5, 0.6) is 5.75 Å². The Bertz CT molecular complexity index is 1060. The maximum absolute atomic E-state index is 13.1. The Morgan fingerprint density at radius 1 is 1.06 bits per heavy atom. The molecule has 1 aliphatic heterocycles. The average molecular weight is 437 g/mol. The summed E-state index contributed by atoms with van der Waals surface area (Å²) in [6, 6.07) is 18.2. The van der Waals surface area contributed by atoms with Crippen molar-refractivity contribution < 1.29 is 13.9 Å². The van der Waals surface area contributed by atoms with Crippen LogP contribution in [0.2, 0.25) is 0 Å². The fraction of sp³-hybridized carbons (Fsp3) is 0.320. The minimum atomic E-state index is -0.0505. The monoisotopic (exact) mass is 436 g/mol. The number of rotatable bonds is 5. The summed E-state index contributed by atoms with van der Waals surface area (Å²) >= 11 is 1.57. The number of carbonyl (C=O) groups excluding carboxylic acids is 1. The molecule has 0 N–H and O–H groups in total. The lowest BCUT2D eigenvalue weighted by Gasteiger charge is -2.41. The Morgan fingerprint density at radius 2 is 1.81 bits per heavy atom. The largest absolute Gasteiger partial charge is 0.497 e. The van der Waals surface area contributed by atoms with Gasteiger partial charge in [0.25, 0.3) is 5.91 Å². The quantitative estimate of drug-likeness (QED) is 0.535. The van der Waals surface area contributed by atoms with E-state index in [0.717, 1.165) is 23.1 Å². The predicted molar refractivity (Wildman–Crippen MR) is 124 cm³/mol. The van der Waals surface area contributed by atoms with Crippen molar-refractivity contribution in [3.8, 4) is 5.75 Å². The number of amides is 1. The molecule has 2 heterocycles. The molecular weight excluding hydrogens is 408 g/mol. The molecule has 0 radical (unpaired) electrons. The first-order valence-electron chi connectivity index (χ1n) is 10.5. The Labute approximate surface area is 188 Å². The van der Waals surface area contributed by atoms with Crippen molar-refractivity contribution in [2.75, 3.05) is 31.6 Å². The highest BCUT2D eigenvalue weighted by molar-refractivity contribution is 7.99. The predicted octanol–water partition coefficient (Wildman–Crippen LogP) is 5.41. The fourth-order valence-electron chi connectivity index (χ4n) is 4.02. The van der Waals surface area contributed by atoms with Crippen LogP contribution in [0.3, 0.4) is 0 Å². The van der Waals surface area contributed by atoms with E-state index >= 15 is 0 Å². The van der Waals surface area contributed by atoms with E-state index in [2.05, 4.69) is 49.9 Å². The zero-order valence-corrected chi connectivity index (χ0v) is 19.2. The molecule has 2 aromatic carbocycles. The molecule has 0 spiro atoms. The third-order valence-electron chi connectivity index (χ3n) is 5.70. The number of methoxy groups -OCH3 is 1. The molecule has 1 fully saturated rings. The average Bonchev–Trinajstić information content (AvgIpc) is 3.24.